The van der Waals surface area contributed by atoms with Crippen LogP contribution in [-0.4, -0.2) is 40.7 Å². The normalized spacial score (nSPS) is 10.9. The Morgan fingerprint density at radius 3 is 2.54 bits per heavy atom. The molecule has 0 spiro atoms. The zero-order chi connectivity index (χ0) is 18.7. The van der Waals surface area contributed by atoms with E-state index in [0.717, 1.165) is 22.2 Å². The van der Waals surface area contributed by atoms with Crippen LogP contribution in [0, 0.1) is 13.8 Å². The minimum absolute atomic E-state index is 0.00626. The third kappa shape index (κ3) is 3.55. The summed E-state index contributed by atoms with van der Waals surface area (Å²) in [5.74, 6) is 1.28. The number of aryl methyl sites for hydroxylation is 2. The fourth-order valence-corrected chi connectivity index (χ4v) is 2.85. The van der Waals surface area contributed by atoms with Crippen molar-refractivity contribution in [3.05, 3.63) is 53.1 Å². The van der Waals surface area contributed by atoms with Crippen LogP contribution in [0.25, 0.3) is 11.0 Å². The van der Waals surface area contributed by atoms with Gasteiger partial charge in [-0.15, -0.1) is 0 Å². The third-order valence-electron chi connectivity index (χ3n) is 4.47. The van der Waals surface area contributed by atoms with Crippen LogP contribution in [0.3, 0.4) is 0 Å². The second kappa shape index (κ2) is 7.58. The first-order valence-electron chi connectivity index (χ1n) is 8.53. The van der Waals surface area contributed by atoms with Gasteiger partial charge < -0.3 is 19.7 Å². The number of rotatable bonds is 7. The van der Waals surface area contributed by atoms with Gasteiger partial charge >= 0.3 is 0 Å². The highest BCUT2D eigenvalue weighted by Gasteiger charge is 2.16. The first-order chi connectivity index (χ1) is 12.5. The zero-order valence-corrected chi connectivity index (χ0v) is 15.2. The van der Waals surface area contributed by atoms with Gasteiger partial charge in [0.25, 0.3) is 0 Å². The number of aromatic nitrogens is 2. The summed E-state index contributed by atoms with van der Waals surface area (Å²) in [5.41, 5.74) is 4.64. The zero-order valence-electron chi connectivity index (χ0n) is 15.2. The Hall–Kier alpha value is -2.86. The van der Waals surface area contributed by atoms with Gasteiger partial charge in [0.05, 0.1) is 31.3 Å². The number of methoxy groups -OCH3 is 1. The average molecular weight is 353 g/mol. The molecule has 3 rings (SSSR count). The van der Waals surface area contributed by atoms with E-state index in [1.54, 1.807) is 31.4 Å². The lowest BCUT2D eigenvalue weighted by molar-refractivity contribution is 0.0974. The van der Waals surface area contributed by atoms with E-state index in [1.807, 2.05) is 30.5 Å². The number of aliphatic hydroxyl groups is 1. The van der Waals surface area contributed by atoms with E-state index < -0.39 is 0 Å². The number of Topliss-reactive ketones (excluding diaryl/α,β-unsaturated/α-hetero) is 1. The first kappa shape index (κ1) is 17.9. The first-order valence-corrected chi connectivity index (χ1v) is 8.53. The highest BCUT2D eigenvalue weighted by Crippen LogP contribution is 2.24. The largest absolute Gasteiger partial charge is 0.497 e. The summed E-state index contributed by atoms with van der Waals surface area (Å²) in [6.45, 7) is 4.61. The summed E-state index contributed by atoms with van der Waals surface area (Å²) in [4.78, 5) is 17.4. The van der Waals surface area contributed by atoms with Crippen LogP contribution in [0.15, 0.2) is 36.4 Å². The van der Waals surface area contributed by atoms with Crippen molar-refractivity contribution >= 4 is 22.8 Å². The fraction of sp³-hybridized carbons (Fsp3) is 0.300. The number of nitrogens with one attached hydrogen (secondary N) is 1. The maximum Gasteiger partial charge on any atom is 0.204 e. The van der Waals surface area contributed by atoms with Gasteiger partial charge in [-0.05, 0) is 61.4 Å². The number of fused-ring (bicyclic) bond motifs is 1. The van der Waals surface area contributed by atoms with Crippen LogP contribution in [0.1, 0.15) is 21.5 Å². The minimum atomic E-state index is -0.0165. The second-order valence-corrected chi connectivity index (χ2v) is 6.25. The molecule has 0 atom stereocenters. The maximum absolute atomic E-state index is 12.8. The molecule has 2 N–H and O–H groups in total. The molecular formula is C20H23N3O3. The van der Waals surface area contributed by atoms with Crippen molar-refractivity contribution in [3.63, 3.8) is 0 Å². The van der Waals surface area contributed by atoms with E-state index in [9.17, 15) is 4.79 Å². The molecule has 6 heteroatoms. The molecule has 0 fully saturated rings. The van der Waals surface area contributed by atoms with Crippen LogP contribution in [0.4, 0.5) is 5.95 Å². The number of anilines is 1. The van der Waals surface area contributed by atoms with Crippen LogP contribution in [-0.2, 0) is 6.54 Å². The van der Waals surface area contributed by atoms with Gasteiger partial charge in [0, 0.05) is 12.1 Å². The molecule has 136 valence electrons. The number of benzene rings is 2. The Bertz CT molecular complexity index is 930. The number of ketones is 1. The summed E-state index contributed by atoms with van der Waals surface area (Å²) in [7, 11) is 1.60. The van der Waals surface area contributed by atoms with Crippen molar-refractivity contribution in [2.45, 2.75) is 20.4 Å². The predicted molar refractivity (Wildman–Crippen MR) is 102 cm³/mol. The molecule has 1 aromatic heterocycles. The van der Waals surface area contributed by atoms with Gasteiger partial charge in [0.2, 0.25) is 5.95 Å². The van der Waals surface area contributed by atoms with E-state index in [4.69, 9.17) is 9.84 Å². The molecule has 0 unspecified atom stereocenters. The molecule has 0 saturated carbocycles. The lowest BCUT2D eigenvalue weighted by atomic mass is 10.1. The highest BCUT2D eigenvalue weighted by molar-refractivity contribution is 5.97. The molecule has 2 aromatic carbocycles. The molecule has 0 aliphatic heterocycles. The quantitative estimate of drug-likeness (QED) is 0.639. The van der Waals surface area contributed by atoms with E-state index in [1.165, 1.54) is 0 Å². The smallest absolute Gasteiger partial charge is 0.204 e. The van der Waals surface area contributed by atoms with Gasteiger partial charge in [-0.3, -0.25) is 4.79 Å². The molecule has 0 saturated heterocycles. The number of imidazole rings is 1. The molecular weight excluding hydrogens is 330 g/mol. The molecule has 6 nitrogen and oxygen atoms in total. The number of carbonyl (C=O) groups is 1. The van der Waals surface area contributed by atoms with Crippen molar-refractivity contribution < 1.29 is 14.6 Å². The van der Waals surface area contributed by atoms with Crippen molar-refractivity contribution in [1.82, 2.24) is 9.55 Å². The van der Waals surface area contributed by atoms with Crippen molar-refractivity contribution in [2.75, 3.05) is 25.6 Å². The summed E-state index contributed by atoms with van der Waals surface area (Å²) >= 11 is 0. The van der Waals surface area contributed by atoms with Gasteiger partial charge in [-0.25, -0.2) is 4.98 Å². The van der Waals surface area contributed by atoms with Crippen LogP contribution >= 0.6 is 0 Å². The van der Waals surface area contributed by atoms with Gasteiger partial charge in [0.15, 0.2) is 5.78 Å². The topological polar surface area (TPSA) is 76.4 Å². The Balaban J connectivity index is 1.98. The lowest BCUT2D eigenvalue weighted by Gasteiger charge is -2.10. The van der Waals surface area contributed by atoms with Crippen molar-refractivity contribution in [3.8, 4) is 5.75 Å². The van der Waals surface area contributed by atoms with Crippen LogP contribution in [0.2, 0.25) is 0 Å². The molecule has 0 aliphatic carbocycles. The SMILES string of the molecule is COc1ccc(C(=O)Cn2c(NCCO)nc3cc(C)c(C)cc32)cc1. The summed E-state index contributed by atoms with van der Waals surface area (Å²) in [6.07, 6.45) is 0. The average Bonchev–Trinajstić information content (AvgIpc) is 2.97. The molecule has 0 amide bonds. The molecule has 3 aromatic rings. The number of ether oxygens (including phenoxy) is 1. The molecule has 0 radical (unpaired) electrons. The Labute approximate surface area is 152 Å². The van der Waals surface area contributed by atoms with Crippen molar-refractivity contribution in [2.24, 2.45) is 0 Å². The standard InChI is InChI=1S/C20H23N3O3/c1-13-10-17-18(11-14(13)2)23(20(22-17)21-8-9-24)12-19(25)15-4-6-16(26-3)7-5-15/h4-7,10-11,24H,8-9,12H2,1-3H3,(H,21,22). The Morgan fingerprint density at radius 1 is 1.19 bits per heavy atom. The maximum atomic E-state index is 12.8. The second-order valence-electron chi connectivity index (χ2n) is 6.25. The van der Waals surface area contributed by atoms with Crippen LogP contribution < -0.4 is 10.1 Å². The van der Waals surface area contributed by atoms with Crippen LogP contribution in [0.5, 0.6) is 5.75 Å². The summed E-state index contributed by atoms with van der Waals surface area (Å²) < 4.78 is 7.01. The number of nitrogens with zero attached hydrogens (tertiary/aromatic N) is 2. The molecule has 1 heterocycles. The number of aliphatic hydroxyl groups excluding tert-OH is 1. The highest BCUT2D eigenvalue weighted by atomic mass is 16.5. The van der Waals surface area contributed by atoms with E-state index in [0.29, 0.717) is 23.8 Å². The van der Waals surface area contributed by atoms with E-state index in [-0.39, 0.29) is 18.9 Å². The van der Waals surface area contributed by atoms with E-state index >= 15 is 0 Å². The van der Waals surface area contributed by atoms with Gasteiger partial charge in [-0.2, -0.15) is 0 Å². The monoisotopic (exact) mass is 353 g/mol. The van der Waals surface area contributed by atoms with Crippen molar-refractivity contribution in [1.29, 1.82) is 0 Å². The Kier molecular flexibility index (Phi) is 5.23. The van der Waals surface area contributed by atoms with E-state index in [2.05, 4.69) is 10.3 Å². The molecule has 0 bridgehead atoms. The third-order valence-corrected chi connectivity index (χ3v) is 4.47. The molecule has 26 heavy (non-hydrogen) atoms. The van der Waals surface area contributed by atoms with Gasteiger partial charge in [0.1, 0.15) is 5.75 Å². The number of hydrogen-bond acceptors (Lipinski definition) is 5. The predicted octanol–water partition coefficient (Wildman–Crippen LogP) is 2.95. The summed E-state index contributed by atoms with van der Waals surface area (Å²) in [5, 5.41) is 12.2. The minimum Gasteiger partial charge on any atom is -0.497 e. The number of hydrogen-bond donors (Lipinski definition) is 2. The Morgan fingerprint density at radius 2 is 1.88 bits per heavy atom. The fourth-order valence-electron chi connectivity index (χ4n) is 2.85. The number of carbonyl (C=O) groups excluding carboxylic acids is 1. The lowest BCUT2D eigenvalue weighted by Crippen LogP contribution is -2.16. The molecule has 0 aliphatic rings. The summed E-state index contributed by atoms with van der Waals surface area (Å²) in [6, 6.07) is 11.1. The van der Waals surface area contributed by atoms with Gasteiger partial charge in [-0.1, -0.05) is 0 Å².